The number of hydrogen-bond donors (Lipinski definition) is 2. The molecule has 0 bridgehead atoms. The lowest BCUT2D eigenvalue weighted by molar-refractivity contribution is 0.215. The van der Waals surface area contributed by atoms with Gasteiger partial charge in [-0.1, -0.05) is 30.3 Å². The standard InChI is InChI=1S/C24H23N3O2/c28-24(26-20-6-8-22-18(14-20)10-12-25-22)29-21-7-9-23-19(15-21)11-13-27(23)16-17-4-2-1-3-5-17/h1-9,14-15,25H,10-13,16H2,(H,26,28). The first-order valence-corrected chi connectivity index (χ1v) is 10.0. The Hall–Kier alpha value is -3.47. The normalized spacial score (nSPS) is 14.1. The molecule has 0 radical (unpaired) electrons. The molecule has 0 atom stereocenters. The van der Waals surface area contributed by atoms with E-state index in [0.717, 1.165) is 43.9 Å². The number of fused-ring (bicyclic) bond motifs is 2. The number of anilines is 3. The third-order valence-electron chi connectivity index (χ3n) is 5.53. The summed E-state index contributed by atoms with van der Waals surface area (Å²) in [6.07, 6.45) is 1.47. The summed E-state index contributed by atoms with van der Waals surface area (Å²) in [5.41, 5.74) is 6.85. The molecular formula is C24H23N3O2. The van der Waals surface area contributed by atoms with Gasteiger partial charge in [0.15, 0.2) is 0 Å². The molecule has 2 heterocycles. The van der Waals surface area contributed by atoms with Crippen LogP contribution < -0.4 is 20.3 Å². The summed E-state index contributed by atoms with van der Waals surface area (Å²) in [5.74, 6) is 0.575. The molecular weight excluding hydrogens is 362 g/mol. The van der Waals surface area contributed by atoms with Crippen LogP contribution in [-0.2, 0) is 19.4 Å². The average Bonchev–Trinajstić information content (AvgIpc) is 3.35. The second kappa shape index (κ2) is 7.51. The summed E-state index contributed by atoms with van der Waals surface area (Å²) in [4.78, 5) is 14.7. The molecule has 29 heavy (non-hydrogen) atoms. The monoisotopic (exact) mass is 385 g/mol. The topological polar surface area (TPSA) is 53.6 Å². The Morgan fingerprint density at radius 1 is 1.00 bits per heavy atom. The van der Waals surface area contributed by atoms with Gasteiger partial charge in [0.05, 0.1) is 0 Å². The summed E-state index contributed by atoms with van der Waals surface area (Å²) < 4.78 is 5.53. The van der Waals surface area contributed by atoms with Crippen LogP contribution in [0.5, 0.6) is 5.75 Å². The van der Waals surface area contributed by atoms with Crippen molar-refractivity contribution in [3.8, 4) is 5.75 Å². The van der Waals surface area contributed by atoms with E-state index in [4.69, 9.17) is 4.74 Å². The van der Waals surface area contributed by atoms with Crippen molar-refractivity contribution in [1.82, 2.24) is 0 Å². The Bertz CT molecular complexity index is 1050. The van der Waals surface area contributed by atoms with Gasteiger partial charge in [-0.15, -0.1) is 0 Å². The molecule has 2 N–H and O–H groups in total. The molecule has 5 heteroatoms. The first-order valence-electron chi connectivity index (χ1n) is 10.0. The molecule has 3 aromatic rings. The first kappa shape index (κ1) is 17.6. The third-order valence-corrected chi connectivity index (χ3v) is 5.53. The fourth-order valence-corrected chi connectivity index (χ4v) is 4.11. The molecule has 0 saturated heterocycles. The predicted molar refractivity (Wildman–Crippen MR) is 116 cm³/mol. The molecule has 0 saturated carbocycles. The molecule has 1 amide bonds. The minimum atomic E-state index is -0.463. The first-order chi connectivity index (χ1) is 14.2. The van der Waals surface area contributed by atoms with Gasteiger partial charge in [-0.3, -0.25) is 5.32 Å². The van der Waals surface area contributed by atoms with Crippen molar-refractivity contribution in [2.75, 3.05) is 28.6 Å². The van der Waals surface area contributed by atoms with Gasteiger partial charge >= 0.3 is 6.09 Å². The maximum Gasteiger partial charge on any atom is 0.417 e. The van der Waals surface area contributed by atoms with Gasteiger partial charge < -0.3 is 15.0 Å². The molecule has 0 spiro atoms. The fourth-order valence-electron chi connectivity index (χ4n) is 4.11. The van der Waals surface area contributed by atoms with Crippen LogP contribution in [0.15, 0.2) is 66.7 Å². The van der Waals surface area contributed by atoms with Gasteiger partial charge in [0.25, 0.3) is 0 Å². The van der Waals surface area contributed by atoms with E-state index >= 15 is 0 Å². The molecule has 0 unspecified atom stereocenters. The van der Waals surface area contributed by atoms with Crippen LogP contribution in [0.3, 0.4) is 0 Å². The average molecular weight is 385 g/mol. The lowest BCUT2D eigenvalue weighted by atomic mass is 10.1. The molecule has 0 fully saturated rings. The molecule has 2 aliphatic heterocycles. The summed E-state index contributed by atoms with van der Waals surface area (Å²) in [6.45, 7) is 2.81. The van der Waals surface area contributed by atoms with Gasteiger partial charge in [-0.25, -0.2) is 4.79 Å². The van der Waals surface area contributed by atoms with E-state index in [0.29, 0.717) is 5.75 Å². The number of ether oxygens (including phenoxy) is 1. The van der Waals surface area contributed by atoms with Crippen molar-refractivity contribution in [3.05, 3.63) is 83.4 Å². The van der Waals surface area contributed by atoms with Crippen LogP contribution >= 0.6 is 0 Å². The second-order valence-electron chi connectivity index (χ2n) is 7.51. The maximum atomic E-state index is 12.3. The van der Waals surface area contributed by atoms with E-state index in [1.54, 1.807) is 0 Å². The summed E-state index contributed by atoms with van der Waals surface area (Å²) in [5, 5.41) is 6.15. The second-order valence-corrected chi connectivity index (χ2v) is 7.51. The third kappa shape index (κ3) is 3.76. The highest BCUT2D eigenvalue weighted by molar-refractivity contribution is 5.87. The highest BCUT2D eigenvalue weighted by Gasteiger charge is 2.20. The Kier molecular flexibility index (Phi) is 4.56. The van der Waals surface area contributed by atoms with Crippen molar-refractivity contribution < 1.29 is 9.53 Å². The smallest absolute Gasteiger partial charge is 0.410 e. The summed E-state index contributed by atoms with van der Waals surface area (Å²) in [6, 6.07) is 22.3. The van der Waals surface area contributed by atoms with Crippen molar-refractivity contribution in [1.29, 1.82) is 0 Å². The van der Waals surface area contributed by atoms with Crippen LogP contribution in [0.4, 0.5) is 21.9 Å². The number of amides is 1. The molecule has 2 aliphatic rings. The number of benzene rings is 3. The van der Waals surface area contributed by atoms with Crippen LogP contribution in [0, 0.1) is 0 Å². The quantitative estimate of drug-likeness (QED) is 0.676. The van der Waals surface area contributed by atoms with E-state index in [1.807, 2.05) is 36.4 Å². The SMILES string of the molecule is O=C(Nc1ccc2c(c1)CCN2)Oc1ccc2c(c1)CCN2Cc1ccccc1. The highest BCUT2D eigenvalue weighted by atomic mass is 16.6. The van der Waals surface area contributed by atoms with Gasteiger partial charge in [0.1, 0.15) is 5.75 Å². The highest BCUT2D eigenvalue weighted by Crippen LogP contribution is 2.32. The number of carbonyl (C=O) groups excluding carboxylic acids is 1. The number of carbonyl (C=O) groups is 1. The predicted octanol–water partition coefficient (Wildman–Crippen LogP) is 4.83. The summed E-state index contributed by atoms with van der Waals surface area (Å²) in [7, 11) is 0. The zero-order valence-corrected chi connectivity index (χ0v) is 16.2. The van der Waals surface area contributed by atoms with Crippen LogP contribution in [0.1, 0.15) is 16.7 Å². The van der Waals surface area contributed by atoms with Crippen molar-refractivity contribution >= 4 is 23.2 Å². The summed E-state index contributed by atoms with van der Waals surface area (Å²) >= 11 is 0. The largest absolute Gasteiger partial charge is 0.417 e. The molecule has 5 nitrogen and oxygen atoms in total. The molecule has 146 valence electrons. The van der Waals surface area contributed by atoms with Gasteiger partial charge in [-0.2, -0.15) is 0 Å². The minimum absolute atomic E-state index is 0.463. The Morgan fingerprint density at radius 3 is 2.79 bits per heavy atom. The van der Waals surface area contributed by atoms with Gasteiger partial charge in [0, 0.05) is 36.7 Å². The van der Waals surface area contributed by atoms with Gasteiger partial charge in [0.2, 0.25) is 0 Å². The Morgan fingerprint density at radius 2 is 1.90 bits per heavy atom. The number of nitrogens with one attached hydrogen (secondary N) is 2. The van der Waals surface area contributed by atoms with Crippen molar-refractivity contribution in [2.24, 2.45) is 0 Å². The van der Waals surface area contributed by atoms with E-state index < -0.39 is 6.09 Å². The molecule has 3 aromatic carbocycles. The van der Waals surface area contributed by atoms with Crippen LogP contribution in [0.25, 0.3) is 0 Å². The van der Waals surface area contributed by atoms with E-state index in [-0.39, 0.29) is 0 Å². The van der Waals surface area contributed by atoms with Gasteiger partial charge in [-0.05, 0) is 65.9 Å². The zero-order chi connectivity index (χ0) is 19.6. The van der Waals surface area contributed by atoms with Crippen LogP contribution in [-0.4, -0.2) is 19.2 Å². The van der Waals surface area contributed by atoms with Crippen molar-refractivity contribution in [2.45, 2.75) is 19.4 Å². The van der Waals surface area contributed by atoms with E-state index in [1.165, 1.54) is 22.4 Å². The van der Waals surface area contributed by atoms with Crippen LogP contribution in [0.2, 0.25) is 0 Å². The lowest BCUT2D eigenvalue weighted by Gasteiger charge is -2.19. The zero-order valence-electron chi connectivity index (χ0n) is 16.2. The minimum Gasteiger partial charge on any atom is -0.410 e. The van der Waals surface area contributed by atoms with Crippen molar-refractivity contribution in [3.63, 3.8) is 0 Å². The van der Waals surface area contributed by atoms with E-state index in [2.05, 4.69) is 45.9 Å². The Labute approximate surface area is 170 Å². The Balaban J connectivity index is 1.24. The van der Waals surface area contributed by atoms with E-state index in [9.17, 15) is 4.79 Å². The number of hydrogen-bond acceptors (Lipinski definition) is 4. The number of nitrogens with zero attached hydrogens (tertiary/aromatic N) is 1. The molecule has 0 aromatic heterocycles. The fraction of sp³-hybridized carbons (Fsp3) is 0.208. The lowest BCUT2D eigenvalue weighted by Crippen LogP contribution is -2.19. The molecule has 5 rings (SSSR count). The maximum absolute atomic E-state index is 12.3. The molecule has 0 aliphatic carbocycles. The number of rotatable bonds is 4.